The zero-order chi connectivity index (χ0) is 9.14. The molecule has 0 aliphatic carbocycles. The first-order valence-corrected chi connectivity index (χ1v) is 4.21. The number of piperazine rings is 1. The Hall–Kier alpha value is -1.06. The molecular formula is C8H14N2O2. The maximum Gasteiger partial charge on any atom is 0.239 e. The van der Waals surface area contributed by atoms with Gasteiger partial charge in [-0.1, -0.05) is 6.92 Å². The first-order chi connectivity index (χ1) is 5.65. The van der Waals surface area contributed by atoms with Gasteiger partial charge in [0.05, 0.1) is 6.54 Å². The van der Waals surface area contributed by atoms with Gasteiger partial charge in [0.25, 0.3) is 0 Å². The summed E-state index contributed by atoms with van der Waals surface area (Å²) in [5, 5.41) is 2.71. The highest BCUT2D eigenvalue weighted by molar-refractivity contribution is 5.86. The average molecular weight is 170 g/mol. The van der Waals surface area contributed by atoms with Gasteiger partial charge in [-0.25, -0.2) is 0 Å². The van der Waals surface area contributed by atoms with E-state index in [0.29, 0.717) is 13.0 Å². The third-order valence-electron chi connectivity index (χ3n) is 2.06. The second kappa shape index (κ2) is 3.56. The number of amides is 2. The summed E-state index contributed by atoms with van der Waals surface area (Å²) in [6.07, 6.45) is 0.470. The van der Waals surface area contributed by atoms with Gasteiger partial charge in [0.15, 0.2) is 0 Å². The molecule has 68 valence electrons. The van der Waals surface area contributed by atoms with Crippen LogP contribution in [0.15, 0.2) is 0 Å². The predicted octanol–water partition coefficient (Wildman–Crippen LogP) is -0.257. The summed E-state index contributed by atoms with van der Waals surface area (Å²) in [7, 11) is 0. The van der Waals surface area contributed by atoms with Gasteiger partial charge in [-0.3, -0.25) is 9.59 Å². The maximum atomic E-state index is 11.3. The first kappa shape index (κ1) is 9.03. The van der Waals surface area contributed by atoms with Crippen LogP contribution in [0.25, 0.3) is 0 Å². The summed E-state index contributed by atoms with van der Waals surface area (Å²) in [5.74, 6) is -0.00718. The van der Waals surface area contributed by atoms with Crippen molar-refractivity contribution < 1.29 is 9.59 Å². The summed E-state index contributed by atoms with van der Waals surface area (Å²) in [6.45, 7) is 4.53. The second-order valence-corrected chi connectivity index (χ2v) is 3.03. The second-order valence-electron chi connectivity index (χ2n) is 3.03. The van der Waals surface area contributed by atoms with Crippen LogP contribution in [0.2, 0.25) is 0 Å². The predicted molar refractivity (Wildman–Crippen MR) is 44.5 cm³/mol. The Labute approximate surface area is 71.9 Å². The number of nitrogens with zero attached hydrogens (tertiary/aromatic N) is 1. The zero-order valence-electron chi connectivity index (χ0n) is 7.46. The van der Waals surface area contributed by atoms with Crippen LogP contribution in [0.3, 0.4) is 0 Å². The number of carbonyl (C=O) groups excluding carboxylic acids is 2. The van der Waals surface area contributed by atoms with Crippen molar-refractivity contribution in [3.05, 3.63) is 0 Å². The highest BCUT2D eigenvalue weighted by Gasteiger charge is 2.25. The van der Waals surface area contributed by atoms with Crippen molar-refractivity contribution in [1.29, 1.82) is 0 Å². The van der Waals surface area contributed by atoms with Gasteiger partial charge in [0.1, 0.15) is 0 Å². The largest absolute Gasteiger partial charge is 0.353 e. The molecule has 2 amide bonds. The molecule has 0 aromatic heterocycles. The van der Waals surface area contributed by atoms with Gasteiger partial charge in [-0.2, -0.15) is 0 Å². The van der Waals surface area contributed by atoms with Crippen molar-refractivity contribution in [3.8, 4) is 0 Å². The number of rotatable bonds is 1. The molecule has 4 nitrogen and oxygen atoms in total. The minimum Gasteiger partial charge on any atom is -0.353 e. The van der Waals surface area contributed by atoms with Crippen LogP contribution in [-0.2, 0) is 9.59 Å². The molecule has 12 heavy (non-hydrogen) atoms. The highest BCUT2D eigenvalue weighted by atomic mass is 16.2. The number of hydrogen-bond donors (Lipinski definition) is 1. The molecule has 0 aromatic rings. The summed E-state index contributed by atoms with van der Waals surface area (Å²) >= 11 is 0. The molecule has 0 saturated carbocycles. The van der Waals surface area contributed by atoms with E-state index in [9.17, 15) is 9.59 Å². The smallest absolute Gasteiger partial charge is 0.239 e. The van der Waals surface area contributed by atoms with Crippen LogP contribution < -0.4 is 5.32 Å². The lowest BCUT2D eigenvalue weighted by Crippen LogP contribution is -2.54. The molecule has 0 aromatic carbocycles. The van der Waals surface area contributed by atoms with Crippen LogP contribution >= 0.6 is 0 Å². The molecule has 1 fully saturated rings. The van der Waals surface area contributed by atoms with Gasteiger partial charge in [0.2, 0.25) is 11.8 Å². The Bertz CT molecular complexity index is 203. The Morgan fingerprint density at radius 3 is 3.00 bits per heavy atom. The Balaban J connectivity index is 2.60. The fourth-order valence-electron chi connectivity index (χ4n) is 1.28. The van der Waals surface area contributed by atoms with Crippen molar-refractivity contribution in [2.75, 3.05) is 13.1 Å². The molecule has 1 N–H and O–H groups in total. The monoisotopic (exact) mass is 170 g/mol. The van der Waals surface area contributed by atoms with Gasteiger partial charge in [-0.05, 0) is 6.92 Å². The molecule has 4 heteroatoms. The van der Waals surface area contributed by atoms with E-state index < -0.39 is 0 Å². The third-order valence-corrected chi connectivity index (χ3v) is 2.06. The molecule has 1 aliphatic rings. The fraction of sp³-hybridized carbons (Fsp3) is 0.750. The normalized spacial score (nSPS) is 23.7. The quantitative estimate of drug-likeness (QED) is 0.589. The molecule has 0 spiro atoms. The van der Waals surface area contributed by atoms with Crippen LogP contribution in [0.5, 0.6) is 0 Å². The average Bonchev–Trinajstić information content (AvgIpc) is 2.08. The van der Waals surface area contributed by atoms with E-state index in [4.69, 9.17) is 0 Å². The van der Waals surface area contributed by atoms with Crippen molar-refractivity contribution >= 4 is 11.8 Å². The van der Waals surface area contributed by atoms with Crippen molar-refractivity contribution in [2.45, 2.75) is 26.3 Å². The SMILES string of the molecule is CCC(=O)N1CC(=O)NCC1C. The molecule has 1 heterocycles. The van der Waals surface area contributed by atoms with Crippen LogP contribution in [0.1, 0.15) is 20.3 Å². The molecule has 1 saturated heterocycles. The molecule has 1 atom stereocenters. The van der Waals surface area contributed by atoms with E-state index in [0.717, 1.165) is 0 Å². The Kier molecular flexibility index (Phi) is 2.68. The molecule has 0 radical (unpaired) electrons. The van der Waals surface area contributed by atoms with E-state index in [-0.39, 0.29) is 24.4 Å². The van der Waals surface area contributed by atoms with Gasteiger partial charge >= 0.3 is 0 Å². The van der Waals surface area contributed by atoms with Crippen molar-refractivity contribution in [3.63, 3.8) is 0 Å². The minimum atomic E-state index is -0.0603. The number of carbonyl (C=O) groups is 2. The van der Waals surface area contributed by atoms with Gasteiger partial charge < -0.3 is 10.2 Å². The zero-order valence-corrected chi connectivity index (χ0v) is 7.46. The first-order valence-electron chi connectivity index (χ1n) is 4.21. The van der Waals surface area contributed by atoms with Crippen molar-refractivity contribution in [2.24, 2.45) is 0 Å². The molecule has 1 unspecified atom stereocenters. The van der Waals surface area contributed by atoms with Crippen LogP contribution in [0.4, 0.5) is 0 Å². The lowest BCUT2D eigenvalue weighted by Gasteiger charge is -2.32. The van der Waals surface area contributed by atoms with Crippen LogP contribution in [0, 0.1) is 0 Å². The standard InChI is InChI=1S/C8H14N2O2/c1-3-8(12)10-5-7(11)9-4-6(10)2/h6H,3-5H2,1-2H3,(H,9,11). The summed E-state index contributed by atoms with van der Waals surface area (Å²) in [6, 6.07) is 0.134. The minimum absolute atomic E-state index is 0.0531. The lowest BCUT2D eigenvalue weighted by molar-refractivity contribution is -0.140. The van der Waals surface area contributed by atoms with Gasteiger partial charge in [0, 0.05) is 19.0 Å². The van der Waals surface area contributed by atoms with Gasteiger partial charge in [-0.15, -0.1) is 0 Å². The third kappa shape index (κ3) is 1.75. The summed E-state index contributed by atoms with van der Waals surface area (Å²) in [4.78, 5) is 23.8. The van der Waals surface area contributed by atoms with E-state index in [1.165, 1.54) is 0 Å². The lowest BCUT2D eigenvalue weighted by atomic mass is 10.2. The molecule has 1 rings (SSSR count). The number of nitrogens with one attached hydrogen (secondary N) is 1. The van der Waals surface area contributed by atoms with E-state index in [2.05, 4.69) is 5.32 Å². The van der Waals surface area contributed by atoms with E-state index in [1.54, 1.807) is 4.90 Å². The van der Waals surface area contributed by atoms with E-state index in [1.807, 2.05) is 13.8 Å². The molecule has 1 aliphatic heterocycles. The Morgan fingerprint density at radius 1 is 1.75 bits per heavy atom. The fourth-order valence-corrected chi connectivity index (χ4v) is 1.28. The summed E-state index contributed by atoms with van der Waals surface area (Å²) in [5.41, 5.74) is 0. The summed E-state index contributed by atoms with van der Waals surface area (Å²) < 4.78 is 0. The highest BCUT2D eigenvalue weighted by Crippen LogP contribution is 2.04. The van der Waals surface area contributed by atoms with Crippen LogP contribution in [-0.4, -0.2) is 35.8 Å². The molecular weight excluding hydrogens is 156 g/mol. The molecule has 0 bridgehead atoms. The van der Waals surface area contributed by atoms with Crippen molar-refractivity contribution in [1.82, 2.24) is 10.2 Å². The Morgan fingerprint density at radius 2 is 2.42 bits per heavy atom. The van der Waals surface area contributed by atoms with E-state index >= 15 is 0 Å². The maximum absolute atomic E-state index is 11.3. The topological polar surface area (TPSA) is 49.4 Å². The number of hydrogen-bond acceptors (Lipinski definition) is 2.